The van der Waals surface area contributed by atoms with Crippen molar-refractivity contribution in [2.75, 3.05) is 20.3 Å². The van der Waals surface area contributed by atoms with Crippen LogP contribution in [0, 0.1) is 0 Å². The van der Waals surface area contributed by atoms with Crippen molar-refractivity contribution in [3.8, 4) is 5.75 Å². The van der Waals surface area contributed by atoms with Crippen LogP contribution in [0.5, 0.6) is 5.75 Å². The molecule has 0 fully saturated rings. The first kappa shape index (κ1) is 21.6. The Hall–Kier alpha value is -2.71. The van der Waals surface area contributed by atoms with Crippen LogP contribution < -0.4 is 15.5 Å². The Balaban J connectivity index is 1.92. The van der Waals surface area contributed by atoms with Crippen LogP contribution >= 0.6 is 15.9 Å². The predicted molar refractivity (Wildman–Crippen MR) is 110 cm³/mol. The van der Waals surface area contributed by atoms with E-state index in [-0.39, 0.29) is 0 Å². The van der Waals surface area contributed by atoms with Gasteiger partial charge in [-0.2, -0.15) is 5.10 Å². The van der Waals surface area contributed by atoms with Gasteiger partial charge in [-0.3, -0.25) is 9.59 Å². The number of ether oxygens (including phenoxy) is 2. The average molecular weight is 448 g/mol. The second-order valence-electron chi connectivity index (χ2n) is 5.76. The molecule has 0 atom stereocenters. The third-order valence-corrected chi connectivity index (χ3v) is 4.09. The maximum Gasteiger partial charge on any atom is 0.329 e. The van der Waals surface area contributed by atoms with Gasteiger partial charge in [0.05, 0.1) is 6.21 Å². The van der Waals surface area contributed by atoms with Gasteiger partial charge in [-0.05, 0) is 30.2 Å². The van der Waals surface area contributed by atoms with E-state index in [9.17, 15) is 9.59 Å². The topological polar surface area (TPSA) is 89.0 Å². The molecule has 0 aliphatic carbocycles. The minimum atomic E-state index is -0.838. The summed E-state index contributed by atoms with van der Waals surface area (Å²) in [6.45, 7) is 1.27. The number of amides is 2. The highest BCUT2D eigenvalue weighted by Gasteiger charge is 2.11. The van der Waals surface area contributed by atoms with Crippen molar-refractivity contribution in [1.82, 2.24) is 10.7 Å². The maximum atomic E-state index is 11.8. The van der Waals surface area contributed by atoms with Crippen molar-refractivity contribution in [2.24, 2.45) is 5.10 Å². The van der Waals surface area contributed by atoms with Gasteiger partial charge in [0.2, 0.25) is 0 Å². The number of benzene rings is 2. The molecule has 2 aromatic rings. The molecule has 0 spiro atoms. The van der Waals surface area contributed by atoms with E-state index in [0.29, 0.717) is 37.5 Å². The summed E-state index contributed by atoms with van der Waals surface area (Å²) in [5, 5.41) is 6.34. The maximum absolute atomic E-state index is 11.8. The van der Waals surface area contributed by atoms with Crippen LogP contribution in [0.4, 0.5) is 0 Å². The largest absolute Gasteiger partial charge is 0.488 e. The van der Waals surface area contributed by atoms with Gasteiger partial charge in [0.1, 0.15) is 12.4 Å². The van der Waals surface area contributed by atoms with Crippen molar-refractivity contribution in [1.29, 1.82) is 0 Å². The molecule has 0 aliphatic heterocycles. The molecule has 7 nitrogen and oxygen atoms in total. The second kappa shape index (κ2) is 11.9. The third-order valence-electron chi connectivity index (χ3n) is 3.60. The molecule has 2 N–H and O–H groups in total. The molecule has 148 valence electrons. The predicted octanol–water partition coefficient (Wildman–Crippen LogP) is 2.63. The van der Waals surface area contributed by atoms with Gasteiger partial charge >= 0.3 is 11.8 Å². The minimum absolute atomic E-state index is 0.354. The van der Waals surface area contributed by atoms with E-state index < -0.39 is 11.8 Å². The number of nitrogens with zero attached hydrogens (tertiary/aromatic N) is 1. The van der Waals surface area contributed by atoms with Crippen molar-refractivity contribution < 1.29 is 19.1 Å². The van der Waals surface area contributed by atoms with Crippen molar-refractivity contribution >= 4 is 34.0 Å². The zero-order valence-electron chi connectivity index (χ0n) is 15.5. The van der Waals surface area contributed by atoms with Crippen LogP contribution in [0.15, 0.2) is 58.1 Å². The number of hydrogen-bond acceptors (Lipinski definition) is 5. The van der Waals surface area contributed by atoms with Crippen molar-refractivity contribution in [3.63, 3.8) is 0 Å². The highest BCUT2D eigenvalue weighted by atomic mass is 79.9. The van der Waals surface area contributed by atoms with Gasteiger partial charge < -0.3 is 14.8 Å². The standard InChI is InChI=1S/C20H22BrN3O4/c1-27-11-5-10-22-19(25)20(26)24-23-13-16-12-17(21)8-9-18(16)28-14-15-6-3-2-4-7-15/h2-4,6-9,12-13H,5,10-11,14H2,1H3,(H,22,25)(H,24,26)/b23-13-. The number of rotatable bonds is 9. The smallest absolute Gasteiger partial charge is 0.329 e. The first-order valence-electron chi connectivity index (χ1n) is 8.66. The first-order valence-corrected chi connectivity index (χ1v) is 9.46. The zero-order valence-corrected chi connectivity index (χ0v) is 17.1. The van der Waals surface area contributed by atoms with Crippen LogP contribution in [-0.4, -0.2) is 38.3 Å². The van der Waals surface area contributed by atoms with E-state index in [0.717, 1.165) is 10.0 Å². The Kier molecular flexibility index (Phi) is 9.17. The lowest BCUT2D eigenvalue weighted by Gasteiger charge is -2.09. The molecule has 28 heavy (non-hydrogen) atoms. The third kappa shape index (κ3) is 7.50. The average Bonchev–Trinajstić information content (AvgIpc) is 2.71. The fourth-order valence-electron chi connectivity index (χ4n) is 2.20. The molecule has 0 heterocycles. The molecule has 0 aromatic heterocycles. The minimum Gasteiger partial charge on any atom is -0.488 e. The van der Waals surface area contributed by atoms with Gasteiger partial charge in [-0.1, -0.05) is 46.3 Å². The van der Waals surface area contributed by atoms with Crippen LogP contribution in [0.2, 0.25) is 0 Å². The van der Waals surface area contributed by atoms with Crippen LogP contribution in [0.3, 0.4) is 0 Å². The Bertz CT molecular complexity index is 812. The summed E-state index contributed by atoms with van der Waals surface area (Å²) >= 11 is 3.40. The molecule has 0 saturated heterocycles. The monoisotopic (exact) mass is 447 g/mol. The summed E-state index contributed by atoms with van der Waals surface area (Å²) in [6, 6.07) is 15.2. The normalized spacial score (nSPS) is 10.6. The lowest BCUT2D eigenvalue weighted by Crippen LogP contribution is -2.38. The summed E-state index contributed by atoms with van der Waals surface area (Å²) in [5.74, 6) is -0.979. The van der Waals surface area contributed by atoms with E-state index in [1.54, 1.807) is 19.2 Å². The quantitative estimate of drug-likeness (QED) is 0.267. The van der Waals surface area contributed by atoms with E-state index in [2.05, 4.69) is 31.8 Å². The molecule has 0 unspecified atom stereocenters. The van der Waals surface area contributed by atoms with Crippen LogP contribution in [0.25, 0.3) is 0 Å². The summed E-state index contributed by atoms with van der Waals surface area (Å²) in [7, 11) is 1.57. The fraction of sp³-hybridized carbons (Fsp3) is 0.250. The fourth-order valence-corrected chi connectivity index (χ4v) is 2.58. The Labute approximate surface area is 172 Å². The zero-order chi connectivity index (χ0) is 20.2. The molecule has 2 rings (SSSR count). The van der Waals surface area contributed by atoms with Gasteiger partial charge in [-0.15, -0.1) is 0 Å². The molecular weight excluding hydrogens is 426 g/mol. The first-order chi connectivity index (χ1) is 13.6. The second-order valence-corrected chi connectivity index (χ2v) is 6.67. The van der Waals surface area contributed by atoms with Crippen molar-refractivity contribution in [2.45, 2.75) is 13.0 Å². The summed E-state index contributed by atoms with van der Waals surface area (Å²) in [4.78, 5) is 23.4. The highest BCUT2D eigenvalue weighted by molar-refractivity contribution is 9.10. The van der Waals surface area contributed by atoms with E-state index in [4.69, 9.17) is 9.47 Å². The van der Waals surface area contributed by atoms with Gasteiger partial charge in [0, 0.05) is 30.3 Å². The molecule has 0 saturated carbocycles. The van der Waals surface area contributed by atoms with Crippen molar-refractivity contribution in [3.05, 3.63) is 64.1 Å². The van der Waals surface area contributed by atoms with E-state index >= 15 is 0 Å². The molecule has 8 heteroatoms. The number of hydrazone groups is 1. The highest BCUT2D eigenvalue weighted by Crippen LogP contribution is 2.22. The number of hydrogen-bond donors (Lipinski definition) is 2. The molecule has 0 bridgehead atoms. The number of halogens is 1. The Morgan fingerprint density at radius 3 is 2.68 bits per heavy atom. The van der Waals surface area contributed by atoms with Gasteiger partial charge in [-0.25, -0.2) is 5.43 Å². The summed E-state index contributed by atoms with van der Waals surface area (Å²) < 4.78 is 11.6. The lowest BCUT2D eigenvalue weighted by molar-refractivity contribution is -0.139. The number of nitrogens with one attached hydrogen (secondary N) is 2. The SMILES string of the molecule is COCCCNC(=O)C(=O)N/N=C\c1cc(Br)ccc1OCc1ccccc1. The molecule has 2 amide bonds. The van der Waals surface area contributed by atoms with E-state index in [1.165, 1.54) is 6.21 Å². The number of carbonyl (C=O) groups is 2. The summed E-state index contributed by atoms with van der Waals surface area (Å²) in [5.41, 5.74) is 3.90. The van der Waals surface area contributed by atoms with Gasteiger partial charge in [0.25, 0.3) is 0 Å². The number of carbonyl (C=O) groups excluding carboxylic acids is 2. The molecular formula is C20H22BrN3O4. The summed E-state index contributed by atoms with van der Waals surface area (Å²) in [6.07, 6.45) is 2.06. The molecule has 2 aromatic carbocycles. The molecule has 0 aliphatic rings. The van der Waals surface area contributed by atoms with E-state index in [1.807, 2.05) is 36.4 Å². The van der Waals surface area contributed by atoms with Crippen LogP contribution in [0.1, 0.15) is 17.5 Å². The number of methoxy groups -OCH3 is 1. The van der Waals surface area contributed by atoms with Gasteiger partial charge in [0.15, 0.2) is 0 Å². The lowest BCUT2D eigenvalue weighted by atomic mass is 10.2. The van der Waals surface area contributed by atoms with Crippen LogP contribution in [-0.2, 0) is 20.9 Å². The molecule has 0 radical (unpaired) electrons. The Morgan fingerprint density at radius 1 is 1.14 bits per heavy atom. The Morgan fingerprint density at radius 2 is 1.93 bits per heavy atom.